The van der Waals surface area contributed by atoms with E-state index in [0.29, 0.717) is 30.1 Å². The lowest BCUT2D eigenvalue weighted by molar-refractivity contribution is -0.138. The topological polar surface area (TPSA) is 69.0 Å². The predicted octanol–water partition coefficient (Wildman–Crippen LogP) is 3.80. The average molecular weight is 442 g/mol. The molecule has 1 fully saturated rings. The monoisotopic (exact) mass is 442 g/mol. The third-order valence-corrected chi connectivity index (χ3v) is 5.11. The van der Waals surface area contributed by atoms with Gasteiger partial charge in [0, 0.05) is 19.3 Å². The lowest BCUT2D eigenvalue weighted by Crippen LogP contribution is -2.36. The summed E-state index contributed by atoms with van der Waals surface area (Å²) in [6.07, 6.45) is -0.525. The van der Waals surface area contributed by atoms with E-state index in [4.69, 9.17) is 4.74 Å². The van der Waals surface area contributed by atoms with Crippen molar-refractivity contribution >= 4 is 17.0 Å². The number of anilines is 1. The van der Waals surface area contributed by atoms with Crippen molar-refractivity contribution in [2.24, 2.45) is 5.92 Å². The quantitative estimate of drug-likeness (QED) is 0.541. The molecule has 4 heterocycles. The largest absolute Gasteiger partial charge is 0.492 e. The highest BCUT2D eigenvalue weighted by atomic mass is 19.4. The van der Waals surface area contributed by atoms with Crippen LogP contribution in [0.25, 0.3) is 11.2 Å². The van der Waals surface area contributed by atoms with Crippen molar-refractivity contribution in [1.82, 2.24) is 24.7 Å². The fourth-order valence-electron chi connectivity index (χ4n) is 3.45. The number of alkyl halides is 5. The van der Waals surface area contributed by atoms with Crippen LogP contribution in [-0.2, 0) is 12.7 Å². The SMILES string of the molecule is FC(F)Cn1ncc2ncc(N3CCC(COc4cncc(C(F)(F)F)c4)CC3)nc21. The molecule has 0 aromatic carbocycles. The first kappa shape index (κ1) is 21.2. The Labute approximate surface area is 173 Å². The van der Waals surface area contributed by atoms with Gasteiger partial charge in [-0.05, 0) is 24.8 Å². The van der Waals surface area contributed by atoms with E-state index in [9.17, 15) is 22.0 Å². The summed E-state index contributed by atoms with van der Waals surface area (Å²) in [4.78, 5) is 14.3. The van der Waals surface area contributed by atoms with Crippen molar-refractivity contribution in [1.29, 1.82) is 0 Å². The molecule has 1 aliphatic heterocycles. The number of hydrogen-bond acceptors (Lipinski definition) is 6. The summed E-state index contributed by atoms with van der Waals surface area (Å²) >= 11 is 0. The second-order valence-corrected chi connectivity index (χ2v) is 7.30. The molecule has 31 heavy (non-hydrogen) atoms. The van der Waals surface area contributed by atoms with E-state index in [1.807, 2.05) is 4.90 Å². The molecule has 0 radical (unpaired) electrons. The first-order valence-electron chi connectivity index (χ1n) is 9.66. The van der Waals surface area contributed by atoms with E-state index in [1.165, 1.54) is 12.4 Å². The molecule has 12 heteroatoms. The number of fused-ring (bicyclic) bond motifs is 1. The van der Waals surface area contributed by atoms with E-state index in [2.05, 4.69) is 20.1 Å². The Morgan fingerprint density at radius 1 is 1.10 bits per heavy atom. The number of ether oxygens (including phenoxy) is 1. The normalized spacial score (nSPS) is 15.7. The van der Waals surface area contributed by atoms with Crippen molar-refractivity contribution in [3.8, 4) is 5.75 Å². The van der Waals surface area contributed by atoms with Crippen LogP contribution in [0.4, 0.5) is 27.8 Å². The molecule has 0 unspecified atom stereocenters. The minimum Gasteiger partial charge on any atom is -0.492 e. The van der Waals surface area contributed by atoms with Gasteiger partial charge in [0.1, 0.15) is 23.6 Å². The Morgan fingerprint density at radius 3 is 2.58 bits per heavy atom. The zero-order valence-electron chi connectivity index (χ0n) is 16.3. The molecule has 0 amide bonds. The average Bonchev–Trinajstić information content (AvgIpc) is 3.14. The van der Waals surface area contributed by atoms with E-state index in [0.717, 1.165) is 29.8 Å². The first-order valence-corrected chi connectivity index (χ1v) is 9.66. The highest BCUT2D eigenvalue weighted by Gasteiger charge is 2.31. The maximum atomic E-state index is 12.8. The maximum absolute atomic E-state index is 12.8. The van der Waals surface area contributed by atoms with Gasteiger partial charge in [-0.25, -0.2) is 23.4 Å². The summed E-state index contributed by atoms with van der Waals surface area (Å²) in [6.45, 7) is 1.00. The van der Waals surface area contributed by atoms with Gasteiger partial charge in [-0.2, -0.15) is 18.3 Å². The Hall–Kier alpha value is -3.05. The molecule has 7 nitrogen and oxygen atoms in total. The van der Waals surface area contributed by atoms with Crippen molar-refractivity contribution in [3.05, 3.63) is 36.4 Å². The molecule has 0 atom stereocenters. The van der Waals surface area contributed by atoms with Gasteiger partial charge >= 0.3 is 6.18 Å². The van der Waals surface area contributed by atoms with Crippen LogP contribution < -0.4 is 9.64 Å². The van der Waals surface area contributed by atoms with Crippen molar-refractivity contribution in [2.45, 2.75) is 32.0 Å². The lowest BCUT2D eigenvalue weighted by atomic mass is 9.98. The molecule has 3 aromatic rings. The van der Waals surface area contributed by atoms with Crippen LogP contribution in [0.2, 0.25) is 0 Å². The first-order chi connectivity index (χ1) is 14.8. The van der Waals surface area contributed by atoms with Gasteiger partial charge < -0.3 is 9.64 Å². The van der Waals surface area contributed by atoms with Crippen molar-refractivity contribution in [2.75, 3.05) is 24.6 Å². The number of piperidine rings is 1. The molecule has 1 saturated heterocycles. The van der Waals surface area contributed by atoms with Gasteiger partial charge in [0.05, 0.1) is 30.8 Å². The number of halogens is 5. The highest BCUT2D eigenvalue weighted by Crippen LogP contribution is 2.31. The van der Waals surface area contributed by atoms with Crippen LogP contribution in [0, 0.1) is 5.92 Å². The van der Waals surface area contributed by atoms with Gasteiger partial charge in [-0.15, -0.1) is 0 Å². The molecule has 166 valence electrons. The molecule has 0 aliphatic carbocycles. The zero-order valence-corrected chi connectivity index (χ0v) is 16.3. The summed E-state index contributed by atoms with van der Waals surface area (Å²) in [6, 6.07) is 0.940. The predicted molar refractivity (Wildman–Crippen MR) is 101 cm³/mol. The van der Waals surface area contributed by atoms with Crippen LogP contribution in [0.1, 0.15) is 18.4 Å². The highest BCUT2D eigenvalue weighted by molar-refractivity contribution is 5.71. The number of pyridine rings is 1. The van der Waals surface area contributed by atoms with Gasteiger partial charge in [-0.3, -0.25) is 4.98 Å². The van der Waals surface area contributed by atoms with E-state index >= 15 is 0 Å². The lowest BCUT2D eigenvalue weighted by Gasteiger charge is -2.32. The van der Waals surface area contributed by atoms with Crippen LogP contribution in [0.15, 0.2) is 30.9 Å². The molecule has 0 saturated carbocycles. The van der Waals surface area contributed by atoms with E-state index < -0.39 is 24.7 Å². The molecule has 0 spiro atoms. The fourth-order valence-corrected chi connectivity index (χ4v) is 3.45. The number of hydrogen-bond donors (Lipinski definition) is 0. The summed E-state index contributed by atoms with van der Waals surface area (Å²) < 4.78 is 70.4. The summed E-state index contributed by atoms with van der Waals surface area (Å²) in [5.41, 5.74) is -0.0949. The number of rotatable bonds is 6. The summed E-state index contributed by atoms with van der Waals surface area (Å²) in [5.74, 6) is 0.817. The smallest absolute Gasteiger partial charge is 0.418 e. The van der Waals surface area contributed by atoms with Crippen molar-refractivity contribution in [3.63, 3.8) is 0 Å². The van der Waals surface area contributed by atoms with E-state index in [-0.39, 0.29) is 18.3 Å². The molecule has 4 rings (SSSR count). The molecule has 0 bridgehead atoms. The van der Waals surface area contributed by atoms with Gasteiger partial charge in [0.2, 0.25) is 0 Å². The van der Waals surface area contributed by atoms with Gasteiger partial charge in [0.15, 0.2) is 5.65 Å². The molecule has 1 aliphatic rings. The number of nitrogens with zero attached hydrogens (tertiary/aromatic N) is 6. The van der Waals surface area contributed by atoms with Crippen molar-refractivity contribution < 1.29 is 26.7 Å². The fraction of sp³-hybridized carbons (Fsp3) is 0.474. The third kappa shape index (κ3) is 5.00. The second kappa shape index (κ2) is 8.60. The van der Waals surface area contributed by atoms with Crippen LogP contribution in [-0.4, -0.2) is 50.9 Å². The minimum absolute atomic E-state index is 0.0841. The summed E-state index contributed by atoms with van der Waals surface area (Å²) in [5, 5.41) is 3.91. The Morgan fingerprint density at radius 2 is 1.87 bits per heavy atom. The molecular formula is C19H19F5N6O. The Kier molecular flexibility index (Phi) is 5.88. The minimum atomic E-state index is -4.47. The van der Waals surface area contributed by atoms with Crippen LogP contribution >= 0.6 is 0 Å². The number of aromatic nitrogens is 5. The van der Waals surface area contributed by atoms with Crippen LogP contribution in [0.3, 0.4) is 0 Å². The molecule has 3 aromatic heterocycles. The summed E-state index contributed by atoms with van der Waals surface area (Å²) in [7, 11) is 0. The Balaban J connectivity index is 1.35. The second-order valence-electron chi connectivity index (χ2n) is 7.30. The third-order valence-electron chi connectivity index (χ3n) is 5.11. The molecular weight excluding hydrogens is 423 g/mol. The van der Waals surface area contributed by atoms with Gasteiger partial charge in [-0.1, -0.05) is 0 Å². The zero-order chi connectivity index (χ0) is 22.0. The maximum Gasteiger partial charge on any atom is 0.418 e. The molecule has 0 N–H and O–H groups in total. The van der Waals surface area contributed by atoms with E-state index in [1.54, 1.807) is 6.20 Å². The Bertz CT molecular complexity index is 1030. The van der Waals surface area contributed by atoms with Gasteiger partial charge in [0.25, 0.3) is 6.43 Å². The standard InChI is InChI=1S/C19H19F5N6O/c20-16(21)10-30-18-15(8-27-30)26-9-17(28-18)29-3-1-12(2-4-29)11-31-14-5-13(6-25-7-14)19(22,23)24/h5-9,12,16H,1-4,10-11H2. The van der Waals surface area contributed by atoms with Crippen LogP contribution in [0.5, 0.6) is 5.75 Å².